The molecule has 0 radical (unpaired) electrons. The minimum Gasteiger partial charge on any atom is -0.486 e. The summed E-state index contributed by atoms with van der Waals surface area (Å²) in [5.74, 6) is 1.85. The lowest BCUT2D eigenvalue weighted by Crippen LogP contribution is -2.16. The third-order valence-corrected chi connectivity index (χ3v) is 4.29. The molecule has 0 unspecified atom stereocenters. The second-order valence-corrected chi connectivity index (χ2v) is 6.29. The van der Waals surface area contributed by atoms with Crippen molar-refractivity contribution in [3.8, 4) is 23.0 Å². The molecule has 1 aliphatic heterocycles. The largest absolute Gasteiger partial charge is 0.486 e. The number of hydrogen-bond acceptors (Lipinski definition) is 6. The van der Waals surface area contributed by atoms with Crippen molar-refractivity contribution in [2.24, 2.45) is 0 Å². The van der Waals surface area contributed by atoms with Crippen LogP contribution in [0, 0.1) is 0 Å². The standard InChI is InChI=1S/C19H16ClN3O4/c20-14-4-2-1-3-13(14)19-23-22-18(27-19)8-7-17(24)21-12-5-6-15-16(11-12)26-10-9-25-15/h1-6,11H,7-10H2,(H,21,24). The van der Waals surface area contributed by atoms with E-state index in [4.69, 9.17) is 25.5 Å². The number of amides is 1. The van der Waals surface area contributed by atoms with Crippen molar-refractivity contribution >= 4 is 23.2 Å². The second-order valence-electron chi connectivity index (χ2n) is 5.89. The molecule has 0 atom stereocenters. The quantitative estimate of drug-likeness (QED) is 0.720. The van der Waals surface area contributed by atoms with Gasteiger partial charge in [0, 0.05) is 24.6 Å². The maximum Gasteiger partial charge on any atom is 0.249 e. The number of fused-ring (bicyclic) bond motifs is 1. The van der Waals surface area contributed by atoms with E-state index >= 15 is 0 Å². The molecule has 1 N–H and O–H groups in total. The summed E-state index contributed by atoms with van der Waals surface area (Å²) < 4.78 is 16.6. The molecule has 3 aromatic rings. The summed E-state index contributed by atoms with van der Waals surface area (Å²) in [6, 6.07) is 12.5. The molecule has 7 nitrogen and oxygen atoms in total. The fourth-order valence-electron chi connectivity index (χ4n) is 2.66. The van der Waals surface area contributed by atoms with Gasteiger partial charge in [0.05, 0.1) is 10.6 Å². The predicted octanol–water partition coefficient (Wildman–Crippen LogP) is 3.73. The van der Waals surface area contributed by atoms with Crippen LogP contribution in [0.2, 0.25) is 5.02 Å². The fraction of sp³-hybridized carbons (Fsp3) is 0.211. The Morgan fingerprint density at radius 1 is 1.07 bits per heavy atom. The fourth-order valence-corrected chi connectivity index (χ4v) is 2.88. The van der Waals surface area contributed by atoms with Crippen LogP contribution in [0.5, 0.6) is 11.5 Å². The van der Waals surface area contributed by atoms with Gasteiger partial charge in [-0.15, -0.1) is 10.2 Å². The van der Waals surface area contributed by atoms with Crippen LogP contribution in [0.15, 0.2) is 46.9 Å². The number of anilines is 1. The van der Waals surface area contributed by atoms with E-state index in [0.29, 0.717) is 59.2 Å². The SMILES string of the molecule is O=C(CCc1nnc(-c2ccccc2Cl)o1)Nc1ccc2c(c1)OCCO2. The summed E-state index contributed by atoms with van der Waals surface area (Å²) in [5, 5.41) is 11.3. The number of benzene rings is 2. The summed E-state index contributed by atoms with van der Waals surface area (Å²) in [7, 11) is 0. The van der Waals surface area contributed by atoms with Crippen LogP contribution < -0.4 is 14.8 Å². The highest BCUT2D eigenvalue weighted by molar-refractivity contribution is 6.33. The molecular formula is C19H16ClN3O4. The smallest absolute Gasteiger partial charge is 0.249 e. The number of aromatic nitrogens is 2. The average molecular weight is 386 g/mol. The van der Waals surface area contributed by atoms with Gasteiger partial charge in [-0.3, -0.25) is 4.79 Å². The highest BCUT2D eigenvalue weighted by Gasteiger charge is 2.15. The zero-order chi connectivity index (χ0) is 18.6. The van der Waals surface area contributed by atoms with E-state index in [1.165, 1.54) is 0 Å². The Morgan fingerprint density at radius 2 is 1.89 bits per heavy atom. The van der Waals surface area contributed by atoms with Crippen molar-refractivity contribution in [1.29, 1.82) is 0 Å². The maximum absolute atomic E-state index is 12.2. The van der Waals surface area contributed by atoms with Gasteiger partial charge in [0.15, 0.2) is 11.5 Å². The van der Waals surface area contributed by atoms with Gasteiger partial charge in [0.1, 0.15) is 13.2 Å². The third-order valence-electron chi connectivity index (χ3n) is 3.96. The number of ether oxygens (including phenoxy) is 2. The lowest BCUT2D eigenvalue weighted by molar-refractivity contribution is -0.116. The van der Waals surface area contributed by atoms with E-state index in [-0.39, 0.29) is 12.3 Å². The molecule has 1 amide bonds. The summed E-state index contributed by atoms with van der Waals surface area (Å²) in [6.07, 6.45) is 0.534. The molecule has 2 heterocycles. The number of hydrogen-bond donors (Lipinski definition) is 1. The number of nitrogens with one attached hydrogen (secondary N) is 1. The Hall–Kier alpha value is -3.06. The molecule has 0 bridgehead atoms. The number of rotatable bonds is 5. The average Bonchev–Trinajstić information content (AvgIpc) is 3.15. The van der Waals surface area contributed by atoms with Gasteiger partial charge in [-0.25, -0.2) is 0 Å². The van der Waals surface area contributed by atoms with Crippen LogP contribution in [0.1, 0.15) is 12.3 Å². The Kier molecular flexibility index (Phi) is 4.93. The molecule has 0 aliphatic carbocycles. The highest BCUT2D eigenvalue weighted by Crippen LogP contribution is 2.32. The van der Waals surface area contributed by atoms with Gasteiger partial charge >= 0.3 is 0 Å². The molecule has 0 fully saturated rings. The first-order valence-corrected chi connectivity index (χ1v) is 8.83. The Bertz CT molecular complexity index is 973. The molecule has 0 saturated carbocycles. The Balaban J connectivity index is 1.35. The van der Waals surface area contributed by atoms with Crippen molar-refractivity contribution in [3.63, 3.8) is 0 Å². The van der Waals surface area contributed by atoms with Gasteiger partial charge < -0.3 is 19.2 Å². The number of nitrogens with zero attached hydrogens (tertiary/aromatic N) is 2. The van der Waals surface area contributed by atoms with E-state index in [2.05, 4.69) is 15.5 Å². The van der Waals surface area contributed by atoms with E-state index in [0.717, 1.165) is 0 Å². The van der Waals surface area contributed by atoms with E-state index in [9.17, 15) is 4.79 Å². The van der Waals surface area contributed by atoms with Gasteiger partial charge in [-0.05, 0) is 24.3 Å². The monoisotopic (exact) mass is 385 g/mol. The zero-order valence-corrected chi connectivity index (χ0v) is 15.0. The van der Waals surface area contributed by atoms with Gasteiger partial charge in [-0.1, -0.05) is 23.7 Å². The van der Waals surface area contributed by atoms with Crippen LogP contribution in [-0.4, -0.2) is 29.3 Å². The molecule has 138 valence electrons. The molecule has 1 aliphatic rings. The van der Waals surface area contributed by atoms with Crippen LogP contribution in [0.3, 0.4) is 0 Å². The van der Waals surface area contributed by atoms with Crippen LogP contribution >= 0.6 is 11.6 Å². The second kappa shape index (κ2) is 7.67. The first kappa shape index (κ1) is 17.4. The van der Waals surface area contributed by atoms with Crippen molar-refractivity contribution in [3.05, 3.63) is 53.4 Å². The minimum absolute atomic E-state index is 0.163. The summed E-state index contributed by atoms with van der Waals surface area (Å²) in [4.78, 5) is 12.2. The molecule has 0 spiro atoms. The first-order chi connectivity index (χ1) is 13.2. The number of aryl methyl sites for hydroxylation is 1. The zero-order valence-electron chi connectivity index (χ0n) is 14.3. The first-order valence-electron chi connectivity index (χ1n) is 8.46. The van der Waals surface area contributed by atoms with Crippen LogP contribution in [0.4, 0.5) is 5.69 Å². The number of carbonyl (C=O) groups excluding carboxylic acids is 1. The number of carbonyl (C=O) groups is 1. The highest BCUT2D eigenvalue weighted by atomic mass is 35.5. The van der Waals surface area contributed by atoms with Crippen LogP contribution in [0.25, 0.3) is 11.5 Å². The van der Waals surface area contributed by atoms with Crippen molar-refractivity contribution in [2.45, 2.75) is 12.8 Å². The molecule has 2 aromatic carbocycles. The Labute approximate surface area is 160 Å². The van der Waals surface area contributed by atoms with Crippen LogP contribution in [-0.2, 0) is 11.2 Å². The molecule has 8 heteroatoms. The molecule has 27 heavy (non-hydrogen) atoms. The topological polar surface area (TPSA) is 86.5 Å². The summed E-state index contributed by atoms with van der Waals surface area (Å²) >= 11 is 6.13. The lowest BCUT2D eigenvalue weighted by atomic mass is 10.2. The van der Waals surface area contributed by atoms with Crippen molar-refractivity contribution < 1.29 is 18.7 Å². The molecule has 4 rings (SSSR count). The maximum atomic E-state index is 12.2. The summed E-state index contributed by atoms with van der Waals surface area (Å²) in [6.45, 7) is 1.02. The minimum atomic E-state index is -0.163. The summed E-state index contributed by atoms with van der Waals surface area (Å²) in [5.41, 5.74) is 1.31. The van der Waals surface area contributed by atoms with Gasteiger partial charge in [-0.2, -0.15) is 0 Å². The third kappa shape index (κ3) is 4.03. The molecule has 0 saturated heterocycles. The Morgan fingerprint density at radius 3 is 2.74 bits per heavy atom. The molecule has 1 aromatic heterocycles. The normalized spacial score (nSPS) is 12.6. The molecular weight excluding hydrogens is 370 g/mol. The number of halogens is 1. The van der Waals surface area contributed by atoms with Crippen molar-refractivity contribution in [2.75, 3.05) is 18.5 Å². The van der Waals surface area contributed by atoms with Crippen molar-refractivity contribution in [1.82, 2.24) is 10.2 Å². The van der Waals surface area contributed by atoms with E-state index in [1.54, 1.807) is 30.3 Å². The lowest BCUT2D eigenvalue weighted by Gasteiger charge is -2.18. The van der Waals surface area contributed by atoms with Gasteiger partial charge in [0.2, 0.25) is 17.7 Å². The van der Waals surface area contributed by atoms with E-state index in [1.807, 2.05) is 12.1 Å². The van der Waals surface area contributed by atoms with E-state index < -0.39 is 0 Å². The van der Waals surface area contributed by atoms with Gasteiger partial charge in [0.25, 0.3) is 0 Å². The predicted molar refractivity (Wildman–Crippen MR) is 99.1 cm³/mol.